The van der Waals surface area contributed by atoms with E-state index in [0.29, 0.717) is 0 Å². The lowest BCUT2D eigenvalue weighted by Crippen LogP contribution is -2.06. The first-order valence-electron chi connectivity index (χ1n) is 6.97. The number of imidazole rings is 1. The molecule has 2 aromatic rings. The lowest BCUT2D eigenvalue weighted by molar-refractivity contribution is 0.190. The van der Waals surface area contributed by atoms with E-state index in [2.05, 4.69) is 53.1 Å². The molecule has 1 aromatic heterocycles. The average molecular weight is 273 g/mol. The fourth-order valence-electron chi connectivity index (χ4n) is 2.19. The minimum Gasteiger partial charge on any atom is -0.385 e. The SMILES string of the molecule is COCCCn1cc(C)nc1Nc1cc(C)ccc1C. The van der Waals surface area contributed by atoms with Crippen molar-refractivity contribution in [1.29, 1.82) is 0 Å². The van der Waals surface area contributed by atoms with Gasteiger partial charge >= 0.3 is 0 Å². The third kappa shape index (κ3) is 3.61. The fraction of sp³-hybridized carbons (Fsp3) is 0.438. The number of aryl methyl sites for hydroxylation is 4. The number of hydrogen-bond acceptors (Lipinski definition) is 3. The molecule has 2 rings (SSSR count). The summed E-state index contributed by atoms with van der Waals surface area (Å²) in [5.41, 5.74) is 4.60. The van der Waals surface area contributed by atoms with Gasteiger partial charge in [0, 0.05) is 32.1 Å². The highest BCUT2D eigenvalue weighted by molar-refractivity contribution is 5.59. The third-order valence-electron chi connectivity index (χ3n) is 3.28. The molecule has 0 radical (unpaired) electrons. The molecule has 0 aliphatic carbocycles. The number of nitrogens with one attached hydrogen (secondary N) is 1. The van der Waals surface area contributed by atoms with E-state index in [9.17, 15) is 0 Å². The quantitative estimate of drug-likeness (QED) is 0.817. The van der Waals surface area contributed by atoms with E-state index in [0.717, 1.165) is 36.9 Å². The lowest BCUT2D eigenvalue weighted by Gasteiger charge is -2.12. The van der Waals surface area contributed by atoms with Crippen LogP contribution in [-0.2, 0) is 11.3 Å². The van der Waals surface area contributed by atoms with Gasteiger partial charge in [-0.1, -0.05) is 12.1 Å². The Balaban J connectivity index is 2.17. The normalized spacial score (nSPS) is 10.8. The van der Waals surface area contributed by atoms with Gasteiger partial charge in [0.05, 0.1) is 5.69 Å². The fourth-order valence-corrected chi connectivity index (χ4v) is 2.19. The summed E-state index contributed by atoms with van der Waals surface area (Å²) in [7, 11) is 1.73. The molecule has 4 heteroatoms. The Hall–Kier alpha value is -1.81. The number of ether oxygens (including phenoxy) is 1. The molecule has 0 aliphatic heterocycles. The molecule has 0 aliphatic rings. The molecule has 0 saturated carbocycles. The van der Waals surface area contributed by atoms with Gasteiger partial charge in [-0.25, -0.2) is 4.98 Å². The van der Waals surface area contributed by atoms with Crippen LogP contribution in [0, 0.1) is 20.8 Å². The topological polar surface area (TPSA) is 39.1 Å². The van der Waals surface area contributed by atoms with E-state index in [1.54, 1.807) is 7.11 Å². The van der Waals surface area contributed by atoms with Gasteiger partial charge in [0.1, 0.15) is 0 Å². The zero-order chi connectivity index (χ0) is 14.5. The molecular formula is C16H23N3O. The second kappa shape index (κ2) is 6.57. The van der Waals surface area contributed by atoms with Crippen molar-refractivity contribution in [2.24, 2.45) is 0 Å². The van der Waals surface area contributed by atoms with Crippen LogP contribution < -0.4 is 5.32 Å². The smallest absolute Gasteiger partial charge is 0.207 e. The van der Waals surface area contributed by atoms with Gasteiger partial charge in [0.15, 0.2) is 0 Å². The first kappa shape index (κ1) is 14.6. The van der Waals surface area contributed by atoms with Crippen LogP contribution in [0.25, 0.3) is 0 Å². The highest BCUT2D eigenvalue weighted by Gasteiger charge is 2.07. The molecule has 4 nitrogen and oxygen atoms in total. The number of benzene rings is 1. The van der Waals surface area contributed by atoms with Crippen molar-refractivity contribution in [3.63, 3.8) is 0 Å². The molecule has 1 aromatic carbocycles. The van der Waals surface area contributed by atoms with Gasteiger partial charge in [-0.3, -0.25) is 0 Å². The Morgan fingerprint density at radius 3 is 2.80 bits per heavy atom. The number of anilines is 2. The average Bonchev–Trinajstić information content (AvgIpc) is 2.74. The summed E-state index contributed by atoms with van der Waals surface area (Å²) in [6, 6.07) is 6.40. The summed E-state index contributed by atoms with van der Waals surface area (Å²) in [4.78, 5) is 4.57. The minimum atomic E-state index is 0.764. The van der Waals surface area contributed by atoms with Crippen molar-refractivity contribution in [1.82, 2.24) is 9.55 Å². The summed E-state index contributed by atoms with van der Waals surface area (Å²) < 4.78 is 7.26. The zero-order valence-corrected chi connectivity index (χ0v) is 12.7. The first-order valence-corrected chi connectivity index (χ1v) is 6.97. The zero-order valence-electron chi connectivity index (χ0n) is 12.7. The molecule has 0 fully saturated rings. The predicted octanol–water partition coefficient (Wildman–Crippen LogP) is 3.59. The highest BCUT2D eigenvalue weighted by Crippen LogP contribution is 2.21. The van der Waals surface area contributed by atoms with E-state index in [1.165, 1.54) is 11.1 Å². The van der Waals surface area contributed by atoms with Crippen LogP contribution >= 0.6 is 0 Å². The Bertz CT molecular complexity index is 575. The van der Waals surface area contributed by atoms with Crippen LogP contribution in [0.15, 0.2) is 24.4 Å². The summed E-state index contributed by atoms with van der Waals surface area (Å²) in [5.74, 6) is 0.896. The van der Waals surface area contributed by atoms with Crippen molar-refractivity contribution in [2.45, 2.75) is 33.7 Å². The predicted molar refractivity (Wildman–Crippen MR) is 82.7 cm³/mol. The summed E-state index contributed by atoms with van der Waals surface area (Å²) in [5, 5.41) is 3.44. The maximum atomic E-state index is 5.11. The van der Waals surface area contributed by atoms with E-state index < -0.39 is 0 Å². The van der Waals surface area contributed by atoms with Gasteiger partial charge in [-0.15, -0.1) is 0 Å². The Kier molecular flexibility index (Phi) is 4.79. The molecule has 1 N–H and O–H groups in total. The molecule has 108 valence electrons. The van der Waals surface area contributed by atoms with Gasteiger partial charge in [0.25, 0.3) is 0 Å². The maximum absolute atomic E-state index is 5.11. The molecule has 0 unspecified atom stereocenters. The van der Waals surface area contributed by atoms with Gasteiger partial charge in [-0.05, 0) is 44.4 Å². The van der Waals surface area contributed by atoms with E-state index in [4.69, 9.17) is 4.74 Å². The van der Waals surface area contributed by atoms with Gasteiger partial charge < -0.3 is 14.6 Å². The van der Waals surface area contributed by atoms with Gasteiger partial charge in [0.2, 0.25) is 5.95 Å². The van der Waals surface area contributed by atoms with Crippen molar-refractivity contribution in [2.75, 3.05) is 19.0 Å². The highest BCUT2D eigenvalue weighted by atomic mass is 16.5. The number of rotatable bonds is 6. The van der Waals surface area contributed by atoms with Crippen molar-refractivity contribution >= 4 is 11.6 Å². The third-order valence-corrected chi connectivity index (χ3v) is 3.28. The summed E-state index contributed by atoms with van der Waals surface area (Å²) >= 11 is 0. The molecule has 0 amide bonds. The lowest BCUT2D eigenvalue weighted by atomic mass is 10.1. The molecule has 1 heterocycles. The van der Waals surface area contributed by atoms with Crippen LogP contribution in [0.4, 0.5) is 11.6 Å². The van der Waals surface area contributed by atoms with Gasteiger partial charge in [-0.2, -0.15) is 0 Å². The molecule has 0 saturated heterocycles. The molecule has 0 bridgehead atoms. The molecule has 0 spiro atoms. The van der Waals surface area contributed by atoms with Crippen molar-refractivity contribution < 1.29 is 4.74 Å². The first-order chi connectivity index (χ1) is 9.60. The van der Waals surface area contributed by atoms with Crippen molar-refractivity contribution in [3.8, 4) is 0 Å². The van der Waals surface area contributed by atoms with Crippen LogP contribution in [0.3, 0.4) is 0 Å². The standard InChI is InChI=1S/C16H23N3O/c1-12-6-7-13(2)15(10-12)18-16-17-14(3)11-19(16)8-5-9-20-4/h6-7,10-11H,5,8-9H2,1-4H3,(H,17,18). The maximum Gasteiger partial charge on any atom is 0.207 e. The van der Waals surface area contributed by atoms with Crippen LogP contribution in [0.1, 0.15) is 23.2 Å². The number of aromatic nitrogens is 2. The van der Waals surface area contributed by atoms with Crippen LogP contribution in [0.2, 0.25) is 0 Å². The summed E-state index contributed by atoms with van der Waals surface area (Å²) in [6.45, 7) is 7.89. The minimum absolute atomic E-state index is 0.764. The second-order valence-electron chi connectivity index (χ2n) is 5.19. The van der Waals surface area contributed by atoms with E-state index in [1.807, 2.05) is 6.92 Å². The van der Waals surface area contributed by atoms with Crippen LogP contribution in [0.5, 0.6) is 0 Å². The van der Waals surface area contributed by atoms with Crippen LogP contribution in [-0.4, -0.2) is 23.3 Å². The largest absolute Gasteiger partial charge is 0.385 e. The summed E-state index contributed by atoms with van der Waals surface area (Å²) in [6.07, 6.45) is 3.05. The number of hydrogen-bond donors (Lipinski definition) is 1. The second-order valence-corrected chi connectivity index (χ2v) is 5.19. The van der Waals surface area contributed by atoms with Crippen molar-refractivity contribution in [3.05, 3.63) is 41.2 Å². The monoisotopic (exact) mass is 273 g/mol. The molecular weight excluding hydrogens is 250 g/mol. The molecule has 0 atom stereocenters. The van der Waals surface area contributed by atoms with E-state index >= 15 is 0 Å². The van der Waals surface area contributed by atoms with E-state index in [-0.39, 0.29) is 0 Å². The Labute approximate surface area is 120 Å². The number of methoxy groups -OCH3 is 1. The Morgan fingerprint density at radius 2 is 2.05 bits per heavy atom. The Morgan fingerprint density at radius 1 is 1.25 bits per heavy atom. The molecule has 20 heavy (non-hydrogen) atoms. The number of nitrogens with zero attached hydrogens (tertiary/aromatic N) is 2.